The van der Waals surface area contributed by atoms with Crippen LogP contribution >= 0.6 is 11.8 Å². The lowest BCUT2D eigenvalue weighted by Crippen LogP contribution is -2.12. The zero-order valence-electron chi connectivity index (χ0n) is 9.56. The topological polar surface area (TPSA) is 57.4 Å². The first-order valence-corrected chi connectivity index (χ1v) is 6.17. The Balaban J connectivity index is 2.67. The number of nitrogens with one attached hydrogen (secondary N) is 1. The van der Waals surface area contributed by atoms with Crippen LogP contribution in [0.25, 0.3) is 0 Å². The van der Waals surface area contributed by atoms with Gasteiger partial charge in [0.2, 0.25) is 0 Å². The average molecular weight is 271 g/mol. The van der Waals surface area contributed by atoms with Gasteiger partial charge in [-0.3, -0.25) is 5.32 Å². The molecule has 0 aromatic heterocycles. The van der Waals surface area contributed by atoms with Gasteiger partial charge in [0, 0.05) is 0 Å². The van der Waals surface area contributed by atoms with E-state index in [1.54, 1.807) is 36.7 Å². The summed E-state index contributed by atoms with van der Waals surface area (Å²) < 4.78 is 28.7. The van der Waals surface area contributed by atoms with Gasteiger partial charge in [0.15, 0.2) is 11.4 Å². The summed E-state index contributed by atoms with van der Waals surface area (Å²) in [5, 5.41) is 11.3. The first-order valence-electron chi connectivity index (χ1n) is 4.94. The first kappa shape index (κ1) is 14.3. The number of halogens is 2. The van der Waals surface area contributed by atoms with Crippen LogP contribution in [0.1, 0.15) is 0 Å². The summed E-state index contributed by atoms with van der Waals surface area (Å²) in [5.74, 6) is 0.355. The molecule has 1 N–H and O–H groups in total. The highest BCUT2D eigenvalue weighted by Gasteiger charge is 2.03. The summed E-state index contributed by atoms with van der Waals surface area (Å²) >= 11 is 1.29. The Labute approximate surface area is 108 Å². The summed E-state index contributed by atoms with van der Waals surface area (Å²) in [5.41, 5.74) is 0.603. The molecular formula is C11H11F2N3OS. The first-order chi connectivity index (χ1) is 8.65. The molecule has 18 heavy (non-hydrogen) atoms. The van der Waals surface area contributed by atoms with Crippen molar-refractivity contribution < 1.29 is 13.5 Å². The van der Waals surface area contributed by atoms with Gasteiger partial charge in [-0.05, 0) is 30.5 Å². The van der Waals surface area contributed by atoms with Crippen molar-refractivity contribution in [3.63, 3.8) is 0 Å². The smallest absolute Gasteiger partial charge is 0.272 e. The zero-order valence-corrected chi connectivity index (χ0v) is 10.4. The molecular weight excluding hydrogens is 260 g/mol. The molecule has 7 heteroatoms. The lowest BCUT2D eigenvalue weighted by Gasteiger charge is -2.05. The van der Waals surface area contributed by atoms with Crippen molar-refractivity contribution >= 4 is 22.6 Å². The van der Waals surface area contributed by atoms with E-state index in [0.717, 1.165) is 0 Å². The van der Waals surface area contributed by atoms with Crippen LogP contribution in [0, 0.1) is 11.5 Å². The molecule has 96 valence electrons. The molecule has 0 heterocycles. The number of thioether (sulfide) groups is 1. The third-order valence-corrected chi connectivity index (χ3v) is 2.38. The molecule has 0 spiro atoms. The molecule has 0 saturated heterocycles. The molecule has 0 amide bonds. The van der Waals surface area contributed by atoms with E-state index >= 15 is 0 Å². The third kappa shape index (κ3) is 5.01. The van der Waals surface area contributed by atoms with Crippen LogP contribution in [0.3, 0.4) is 0 Å². The highest BCUT2D eigenvalue weighted by Crippen LogP contribution is 2.19. The molecule has 1 rings (SSSR count). The van der Waals surface area contributed by atoms with E-state index in [-0.39, 0.29) is 0 Å². The Morgan fingerprint density at radius 1 is 1.50 bits per heavy atom. The summed E-state index contributed by atoms with van der Waals surface area (Å²) in [4.78, 5) is 4.15. The van der Waals surface area contributed by atoms with Gasteiger partial charge in [0.1, 0.15) is 12.4 Å². The summed E-state index contributed by atoms with van der Waals surface area (Å²) in [6.07, 6.45) is 1.06. The Morgan fingerprint density at radius 3 is 2.67 bits per heavy atom. The maximum atomic E-state index is 11.9. The fourth-order valence-electron chi connectivity index (χ4n) is 1.07. The maximum absolute atomic E-state index is 11.9. The van der Waals surface area contributed by atoms with E-state index in [9.17, 15) is 8.78 Å². The molecule has 0 unspecified atom stereocenters. The molecule has 4 nitrogen and oxygen atoms in total. The van der Waals surface area contributed by atoms with Gasteiger partial charge >= 0.3 is 0 Å². The van der Waals surface area contributed by atoms with Gasteiger partial charge in [-0.1, -0.05) is 11.8 Å². The van der Waals surface area contributed by atoms with Crippen LogP contribution in [0.4, 0.5) is 14.5 Å². The van der Waals surface area contributed by atoms with E-state index in [0.29, 0.717) is 16.6 Å². The number of hydrogen-bond donors (Lipinski definition) is 1. The monoisotopic (exact) mass is 271 g/mol. The van der Waals surface area contributed by atoms with Crippen molar-refractivity contribution in [2.24, 2.45) is 4.99 Å². The van der Waals surface area contributed by atoms with E-state index in [1.807, 2.05) is 0 Å². The Kier molecular flexibility index (Phi) is 5.94. The van der Waals surface area contributed by atoms with Crippen molar-refractivity contribution in [3.8, 4) is 11.9 Å². The zero-order chi connectivity index (χ0) is 13.4. The Bertz CT molecular complexity index is 443. The van der Waals surface area contributed by atoms with Crippen molar-refractivity contribution in [1.29, 1.82) is 5.26 Å². The molecule has 0 atom stereocenters. The average Bonchev–Trinajstić information content (AvgIpc) is 2.37. The molecule has 1 aromatic carbocycles. The van der Waals surface area contributed by atoms with Crippen molar-refractivity contribution in [3.05, 3.63) is 24.3 Å². The quantitative estimate of drug-likeness (QED) is 0.396. The number of nitriles is 1. The molecule has 0 bridgehead atoms. The molecule has 0 aliphatic carbocycles. The van der Waals surface area contributed by atoms with Crippen LogP contribution in [0.2, 0.25) is 0 Å². The number of nitrogens with zero attached hydrogens (tertiary/aromatic N) is 2. The normalized spacial score (nSPS) is 11.2. The van der Waals surface area contributed by atoms with Crippen molar-refractivity contribution in [1.82, 2.24) is 5.32 Å². The molecule has 0 saturated carbocycles. The minimum Gasteiger partial charge on any atom is -0.488 e. The summed E-state index contributed by atoms with van der Waals surface area (Å²) in [6, 6.07) is 6.34. The predicted octanol–water partition coefficient (Wildman–Crippen LogP) is 2.75. The van der Waals surface area contributed by atoms with Crippen LogP contribution in [-0.4, -0.2) is 24.5 Å². The standard InChI is InChI=1S/C11H11F2N3OS/c1-18-11(15-7-14)16-8-2-4-9(5-3-8)17-6-10(12)13/h2-5,10H,6H2,1H3,(H,15,16). The number of amidine groups is 1. The second-order valence-electron chi connectivity index (χ2n) is 3.05. The van der Waals surface area contributed by atoms with Crippen LogP contribution in [0.15, 0.2) is 29.3 Å². The lowest BCUT2D eigenvalue weighted by atomic mass is 10.3. The number of benzene rings is 1. The number of alkyl halides is 2. The second-order valence-corrected chi connectivity index (χ2v) is 3.85. The Morgan fingerprint density at radius 2 is 2.17 bits per heavy atom. The van der Waals surface area contributed by atoms with Crippen LogP contribution in [0.5, 0.6) is 5.75 Å². The third-order valence-electron chi connectivity index (χ3n) is 1.80. The number of aliphatic imine (C=N–C) groups is 1. The van der Waals surface area contributed by atoms with E-state index in [4.69, 9.17) is 10.00 Å². The molecule has 0 fully saturated rings. The predicted molar refractivity (Wildman–Crippen MR) is 67.3 cm³/mol. The van der Waals surface area contributed by atoms with E-state index < -0.39 is 13.0 Å². The van der Waals surface area contributed by atoms with Gasteiger partial charge in [-0.15, -0.1) is 0 Å². The largest absolute Gasteiger partial charge is 0.488 e. The lowest BCUT2D eigenvalue weighted by molar-refractivity contribution is 0.0819. The number of ether oxygens (including phenoxy) is 1. The van der Waals surface area contributed by atoms with Crippen LogP contribution < -0.4 is 10.1 Å². The second kappa shape index (κ2) is 7.50. The van der Waals surface area contributed by atoms with Crippen LogP contribution in [-0.2, 0) is 0 Å². The van der Waals surface area contributed by atoms with E-state index in [2.05, 4.69) is 10.3 Å². The summed E-state index contributed by atoms with van der Waals surface area (Å²) in [6.45, 7) is -0.630. The maximum Gasteiger partial charge on any atom is 0.272 e. The fraction of sp³-hybridized carbons (Fsp3) is 0.273. The van der Waals surface area contributed by atoms with Crippen molar-refractivity contribution in [2.75, 3.05) is 12.9 Å². The highest BCUT2D eigenvalue weighted by molar-refractivity contribution is 8.13. The number of rotatable bonds is 4. The minimum atomic E-state index is -2.49. The molecule has 0 radical (unpaired) electrons. The van der Waals surface area contributed by atoms with Gasteiger partial charge < -0.3 is 4.74 Å². The molecule has 0 aliphatic heterocycles. The highest BCUT2D eigenvalue weighted by atomic mass is 32.2. The van der Waals surface area contributed by atoms with Crippen molar-refractivity contribution in [2.45, 2.75) is 6.43 Å². The minimum absolute atomic E-state index is 0.355. The molecule has 1 aromatic rings. The SMILES string of the molecule is CSC(=Nc1ccc(OCC(F)F)cc1)NC#N. The number of hydrogen-bond acceptors (Lipinski definition) is 4. The van der Waals surface area contributed by atoms with Gasteiger partial charge in [0.05, 0.1) is 5.69 Å². The van der Waals surface area contributed by atoms with E-state index in [1.165, 1.54) is 11.8 Å². The fourth-order valence-corrected chi connectivity index (χ4v) is 1.41. The Hall–Kier alpha value is -1.81. The summed E-state index contributed by atoms with van der Waals surface area (Å²) in [7, 11) is 0. The molecule has 0 aliphatic rings. The van der Waals surface area contributed by atoms with Gasteiger partial charge in [-0.25, -0.2) is 13.8 Å². The van der Waals surface area contributed by atoms with Gasteiger partial charge in [0.25, 0.3) is 6.43 Å². The van der Waals surface area contributed by atoms with Gasteiger partial charge in [-0.2, -0.15) is 5.26 Å².